The molecule has 3 nitrogen and oxygen atoms in total. The molecule has 0 radical (unpaired) electrons. The summed E-state index contributed by atoms with van der Waals surface area (Å²) in [5.74, 6) is -0.218. The summed E-state index contributed by atoms with van der Waals surface area (Å²) in [7, 11) is 0. The van der Waals surface area contributed by atoms with Gasteiger partial charge in [-0.1, -0.05) is 20.4 Å². The molecule has 0 amide bonds. The lowest BCUT2D eigenvalue weighted by atomic mass is 10.1. The monoisotopic (exact) mass is 185 g/mol. The summed E-state index contributed by atoms with van der Waals surface area (Å²) in [5, 5.41) is 11.4. The maximum Gasteiger partial charge on any atom is 0.325 e. The predicted octanol–water partition coefficient (Wildman–Crippen LogP) is 2.00. The van der Waals surface area contributed by atoms with E-state index in [1.54, 1.807) is 6.92 Å². The summed E-state index contributed by atoms with van der Waals surface area (Å²) in [6.07, 6.45) is 1.88. The Morgan fingerprint density at radius 2 is 2.00 bits per heavy atom. The van der Waals surface area contributed by atoms with Crippen molar-refractivity contribution in [3.8, 4) is 0 Å². The molecule has 0 spiro atoms. The van der Waals surface area contributed by atoms with Crippen LogP contribution in [0.5, 0.6) is 0 Å². The van der Waals surface area contributed by atoms with Crippen molar-refractivity contribution in [1.29, 1.82) is 0 Å². The van der Waals surface area contributed by atoms with Gasteiger partial charge in [-0.25, -0.2) is 0 Å². The van der Waals surface area contributed by atoms with Crippen molar-refractivity contribution in [2.75, 3.05) is 0 Å². The second-order valence-corrected chi connectivity index (χ2v) is 3.74. The maximum atomic E-state index is 10.5. The quantitative estimate of drug-likeness (QED) is 0.665. The third-order valence-electron chi connectivity index (χ3n) is 1.81. The van der Waals surface area contributed by atoms with Crippen molar-refractivity contribution >= 4 is 5.97 Å². The average Bonchev–Trinajstić information content (AvgIpc) is 2.00. The summed E-state index contributed by atoms with van der Waals surface area (Å²) in [6, 6.07) is -0.542. The van der Waals surface area contributed by atoms with Gasteiger partial charge >= 0.3 is 5.97 Å². The number of hydrogen-bond acceptors (Lipinski definition) is 2. The molecule has 0 heterocycles. The fourth-order valence-electron chi connectivity index (χ4n) is 0.903. The molecule has 0 rings (SSSR count). The van der Waals surface area contributed by atoms with Gasteiger partial charge in [0.15, 0.2) is 0 Å². The molecule has 0 aliphatic heterocycles. The Bertz CT molecular complexity index is 187. The fraction of sp³-hybridized carbons (Fsp3) is 0.700. The van der Waals surface area contributed by atoms with E-state index in [2.05, 4.69) is 25.7 Å². The minimum Gasteiger partial charge on any atom is -0.480 e. The van der Waals surface area contributed by atoms with Gasteiger partial charge in [0.1, 0.15) is 6.04 Å². The molecule has 0 aliphatic carbocycles. The zero-order valence-corrected chi connectivity index (χ0v) is 8.63. The van der Waals surface area contributed by atoms with Crippen molar-refractivity contribution in [3.05, 3.63) is 12.3 Å². The van der Waals surface area contributed by atoms with Crippen LogP contribution in [0.15, 0.2) is 12.3 Å². The normalized spacial score (nSPS) is 12.6. The largest absolute Gasteiger partial charge is 0.480 e. The number of allylic oxidation sites excluding steroid dienone is 1. The lowest BCUT2D eigenvalue weighted by molar-refractivity contribution is -0.138. The van der Waals surface area contributed by atoms with E-state index in [-0.39, 0.29) is 0 Å². The number of carboxylic acid groups (broad SMARTS) is 1. The van der Waals surface area contributed by atoms with Crippen LogP contribution in [0.25, 0.3) is 0 Å². The Hall–Kier alpha value is -0.990. The van der Waals surface area contributed by atoms with Crippen molar-refractivity contribution in [1.82, 2.24) is 5.32 Å². The summed E-state index contributed by atoms with van der Waals surface area (Å²) in [4.78, 5) is 10.5. The van der Waals surface area contributed by atoms with Crippen LogP contribution >= 0.6 is 0 Å². The molecule has 0 aromatic carbocycles. The number of rotatable bonds is 6. The van der Waals surface area contributed by atoms with Crippen LogP contribution in [0, 0.1) is 5.92 Å². The van der Waals surface area contributed by atoms with E-state index in [9.17, 15) is 4.79 Å². The molecule has 2 N–H and O–H groups in total. The number of carboxylic acids is 1. The van der Waals surface area contributed by atoms with Crippen LogP contribution in [0.4, 0.5) is 0 Å². The molecule has 0 unspecified atom stereocenters. The van der Waals surface area contributed by atoms with Gasteiger partial charge < -0.3 is 10.4 Å². The zero-order valence-electron chi connectivity index (χ0n) is 8.63. The minimum absolute atomic E-state index is 0.542. The van der Waals surface area contributed by atoms with Gasteiger partial charge in [0, 0.05) is 5.70 Å². The van der Waals surface area contributed by atoms with Crippen molar-refractivity contribution in [3.63, 3.8) is 0 Å². The highest BCUT2D eigenvalue weighted by Crippen LogP contribution is 2.08. The van der Waals surface area contributed by atoms with Gasteiger partial charge in [0.05, 0.1) is 0 Å². The molecule has 13 heavy (non-hydrogen) atoms. The summed E-state index contributed by atoms with van der Waals surface area (Å²) in [5.41, 5.74) is 0.809. The zero-order chi connectivity index (χ0) is 10.4. The molecular weight excluding hydrogens is 166 g/mol. The average molecular weight is 185 g/mol. The van der Waals surface area contributed by atoms with Crippen molar-refractivity contribution in [2.24, 2.45) is 5.92 Å². The molecule has 3 heteroatoms. The van der Waals surface area contributed by atoms with Gasteiger partial charge in [0.25, 0.3) is 0 Å². The van der Waals surface area contributed by atoms with E-state index in [4.69, 9.17) is 5.11 Å². The second kappa shape index (κ2) is 5.62. The Balaban J connectivity index is 3.68. The van der Waals surface area contributed by atoms with E-state index in [0.29, 0.717) is 5.92 Å². The molecule has 0 bridgehead atoms. The van der Waals surface area contributed by atoms with Gasteiger partial charge in [-0.3, -0.25) is 4.79 Å². The second-order valence-electron chi connectivity index (χ2n) is 3.74. The van der Waals surface area contributed by atoms with Crippen LogP contribution in [0.3, 0.4) is 0 Å². The van der Waals surface area contributed by atoms with Gasteiger partial charge in [0.2, 0.25) is 0 Å². The lowest BCUT2D eigenvalue weighted by Gasteiger charge is -2.13. The van der Waals surface area contributed by atoms with Crippen molar-refractivity contribution in [2.45, 2.75) is 39.7 Å². The van der Waals surface area contributed by atoms with Gasteiger partial charge in [-0.2, -0.15) is 0 Å². The molecule has 0 aliphatic rings. The highest BCUT2D eigenvalue weighted by atomic mass is 16.4. The molecule has 1 atom stereocenters. The summed E-state index contributed by atoms with van der Waals surface area (Å²) in [6.45, 7) is 9.65. The fourth-order valence-corrected chi connectivity index (χ4v) is 0.903. The SMILES string of the molecule is C=C(CCC(C)C)N[C@@H](C)C(=O)O. The lowest BCUT2D eigenvalue weighted by Crippen LogP contribution is -2.32. The smallest absolute Gasteiger partial charge is 0.325 e. The van der Waals surface area contributed by atoms with E-state index >= 15 is 0 Å². The Morgan fingerprint density at radius 1 is 1.46 bits per heavy atom. The molecule has 0 saturated heterocycles. The summed E-state index contributed by atoms with van der Waals surface area (Å²) < 4.78 is 0. The highest BCUT2D eigenvalue weighted by molar-refractivity contribution is 5.73. The van der Waals surface area contributed by atoms with Crippen LogP contribution in [0.1, 0.15) is 33.6 Å². The number of carbonyl (C=O) groups is 1. The van der Waals surface area contributed by atoms with Crippen LogP contribution in [0.2, 0.25) is 0 Å². The van der Waals surface area contributed by atoms with Gasteiger partial charge in [-0.15, -0.1) is 0 Å². The van der Waals surface area contributed by atoms with Crippen LogP contribution in [-0.4, -0.2) is 17.1 Å². The number of aliphatic carboxylic acids is 1. The molecular formula is C10H19NO2. The molecule has 0 aromatic rings. The standard InChI is InChI=1S/C10H19NO2/c1-7(2)5-6-8(3)11-9(4)10(12)13/h7,9,11H,3,5-6H2,1-2,4H3,(H,12,13)/t9-/m0/s1. The van der Waals surface area contributed by atoms with Crippen LogP contribution < -0.4 is 5.32 Å². The van der Waals surface area contributed by atoms with E-state index < -0.39 is 12.0 Å². The van der Waals surface area contributed by atoms with Crippen LogP contribution in [-0.2, 0) is 4.79 Å². The Labute approximate surface area is 79.8 Å². The Kier molecular flexibility index (Phi) is 5.19. The first kappa shape index (κ1) is 12.0. The Morgan fingerprint density at radius 3 is 2.38 bits per heavy atom. The maximum absolute atomic E-state index is 10.5. The molecule has 76 valence electrons. The highest BCUT2D eigenvalue weighted by Gasteiger charge is 2.10. The van der Waals surface area contributed by atoms with E-state index in [1.807, 2.05) is 0 Å². The predicted molar refractivity (Wildman–Crippen MR) is 53.4 cm³/mol. The minimum atomic E-state index is -0.842. The van der Waals surface area contributed by atoms with E-state index in [1.165, 1.54) is 0 Å². The molecule has 0 saturated carbocycles. The number of nitrogens with one attached hydrogen (secondary N) is 1. The van der Waals surface area contributed by atoms with Crippen molar-refractivity contribution < 1.29 is 9.90 Å². The molecule has 0 fully saturated rings. The van der Waals surface area contributed by atoms with Gasteiger partial charge in [-0.05, 0) is 25.7 Å². The third kappa shape index (κ3) is 6.20. The first-order valence-electron chi connectivity index (χ1n) is 4.60. The van der Waals surface area contributed by atoms with E-state index in [0.717, 1.165) is 18.5 Å². The molecule has 0 aromatic heterocycles. The first-order chi connectivity index (χ1) is 5.93. The summed E-state index contributed by atoms with van der Waals surface area (Å²) >= 11 is 0. The third-order valence-corrected chi connectivity index (χ3v) is 1.81. The number of hydrogen-bond donors (Lipinski definition) is 2. The first-order valence-corrected chi connectivity index (χ1v) is 4.60. The topological polar surface area (TPSA) is 49.3 Å².